The number of sulfonamides is 1. The Morgan fingerprint density at radius 2 is 1.45 bits per heavy atom. The molecule has 0 spiro atoms. The van der Waals surface area contributed by atoms with Crippen LogP contribution < -0.4 is 14.9 Å². The van der Waals surface area contributed by atoms with Crippen LogP contribution in [-0.2, 0) is 48.1 Å². The largest absolute Gasteiger partial charge is 0.382 e. The Kier molecular flexibility index (Phi) is 19.5. The molecule has 0 saturated carbocycles. The predicted molar refractivity (Wildman–Crippen MR) is 283 cm³/mol. The Hall–Kier alpha value is -7.03. The first kappa shape index (κ1) is 57.2. The Morgan fingerprint density at radius 1 is 0.795 bits per heavy atom. The van der Waals surface area contributed by atoms with E-state index in [2.05, 4.69) is 20.0 Å². The molecule has 0 radical (unpaired) electrons. The molecule has 2 saturated heterocycles. The fourth-order valence-corrected chi connectivity index (χ4v) is 10.7. The maximum atomic E-state index is 16.1. The number of imide groups is 2. The summed E-state index contributed by atoms with van der Waals surface area (Å²) in [6.45, 7) is 6.48. The van der Waals surface area contributed by atoms with Crippen LogP contribution in [0, 0.1) is 11.6 Å². The van der Waals surface area contributed by atoms with Crippen LogP contribution in [-0.4, -0.2) is 190 Å². The monoisotopic (exact) mass is 1100 g/mol. The molecular formula is C53H64F2N10O12S. The number of amides is 5. The first-order valence-electron chi connectivity index (χ1n) is 25.9. The van der Waals surface area contributed by atoms with Gasteiger partial charge in [0.25, 0.3) is 17.7 Å². The van der Waals surface area contributed by atoms with E-state index in [0.29, 0.717) is 132 Å². The van der Waals surface area contributed by atoms with Gasteiger partial charge < -0.3 is 43.4 Å². The lowest BCUT2D eigenvalue weighted by atomic mass is 10.0. The quantitative estimate of drug-likeness (QED) is 0.0510. The highest BCUT2D eigenvalue weighted by molar-refractivity contribution is 7.92. The van der Waals surface area contributed by atoms with Crippen molar-refractivity contribution in [1.82, 2.24) is 34.2 Å². The third-order valence-corrected chi connectivity index (χ3v) is 15.1. The summed E-state index contributed by atoms with van der Waals surface area (Å²) >= 11 is 0. The standard InChI is InChI=1S/C53H64F2N10O12S/c1-4-30-78(71,72)60-41-9-8-39(54)50(48(41)55)64-33-38(35-31-56-34-57-32-35)49-42(64)10-12-44(59-49)61(2)36-14-18-63(19-15-36)46(67)16-20-73-22-24-75-26-28-77-29-27-76-25-23-74-21-17-58-40-7-5-6-37-47(40)53(70)65(51(37)68)43-11-13-45(66)62(3)52(43)69/h5-10,12,31-34,36,43,58,60H,4,11,13-30H2,1-3H3. The lowest BCUT2D eigenvalue weighted by Crippen LogP contribution is -2.54. The fraction of sp³-hybridized carbons (Fsp3) is 0.472. The van der Waals surface area contributed by atoms with E-state index in [9.17, 15) is 32.4 Å². The molecular weight excluding hydrogens is 1040 g/mol. The topological polar surface area (TPSA) is 246 Å². The summed E-state index contributed by atoms with van der Waals surface area (Å²) < 4.78 is 88.2. The number of anilines is 3. The van der Waals surface area contributed by atoms with Gasteiger partial charge in [-0.1, -0.05) is 13.0 Å². The lowest BCUT2D eigenvalue weighted by Gasteiger charge is -2.37. The molecule has 3 aliphatic rings. The maximum Gasteiger partial charge on any atom is 0.264 e. The zero-order valence-corrected chi connectivity index (χ0v) is 44.6. The number of nitrogens with one attached hydrogen (secondary N) is 2. The minimum absolute atomic E-state index is 0.00384. The van der Waals surface area contributed by atoms with Crippen molar-refractivity contribution in [2.24, 2.45) is 0 Å². The number of carbonyl (C=O) groups is 5. The minimum Gasteiger partial charge on any atom is -0.382 e. The minimum atomic E-state index is -3.87. The van der Waals surface area contributed by atoms with Gasteiger partial charge in [-0.2, -0.15) is 0 Å². The molecule has 8 rings (SSSR count). The summed E-state index contributed by atoms with van der Waals surface area (Å²) in [5, 5.41) is 3.14. The van der Waals surface area contributed by atoms with Gasteiger partial charge in [-0.25, -0.2) is 32.2 Å². The molecule has 22 nitrogen and oxygen atoms in total. The Bertz CT molecular complexity index is 3070. The van der Waals surface area contributed by atoms with Crippen molar-refractivity contribution in [3.05, 3.63) is 90.1 Å². The van der Waals surface area contributed by atoms with Crippen molar-refractivity contribution in [1.29, 1.82) is 0 Å². The van der Waals surface area contributed by atoms with Gasteiger partial charge in [-0.3, -0.25) is 38.5 Å². The number of hydrogen-bond donors (Lipinski definition) is 2. The van der Waals surface area contributed by atoms with Gasteiger partial charge in [0, 0.05) is 81.6 Å². The molecule has 418 valence electrons. The molecule has 1 unspecified atom stereocenters. The molecule has 0 bridgehead atoms. The van der Waals surface area contributed by atoms with Crippen molar-refractivity contribution in [2.75, 3.05) is 120 Å². The van der Waals surface area contributed by atoms with Crippen LogP contribution in [0.25, 0.3) is 27.8 Å². The van der Waals surface area contributed by atoms with Crippen LogP contribution in [0.4, 0.5) is 26.0 Å². The van der Waals surface area contributed by atoms with Crippen molar-refractivity contribution in [2.45, 2.75) is 57.5 Å². The maximum absolute atomic E-state index is 16.1. The zero-order chi connectivity index (χ0) is 55.3. The normalized spacial score (nSPS) is 16.2. The SMILES string of the molecule is CCCS(=O)(=O)Nc1ccc(F)c(-n2cc(-c3cncnc3)c3nc(N(C)C4CCN(C(=O)CCOCCOCCOCCOCCOCCNc5cccc6c5C(=O)N(C5CCC(=O)N(C)C5=O)C6=O)CC4)ccc32)c1F. The number of ether oxygens (including phenoxy) is 5. The summed E-state index contributed by atoms with van der Waals surface area (Å²) in [7, 11) is -0.597. The lowest BCUT2D eigenvalue weighted by molar-refractivity contribution is -0.149. The van der Waals surface area contributed by atoms with Gasteiger partial charge in [0.1, 0.15) is 29.7 Å². The molecule has 6 heterocycles. The molecule has 25 heteroatoms. The van der Waals surface area contributed by atoms with E-state index >= 15 is 8.78 Å². The van der Waals surface area contributed by atoms with E-state index < -0.39 is 51.1 Å². The van der Waals surface area contributed by atoms with Crippen LogP contribution in [0.5, 0.6) is 0 Å². The van der Waals surface area contributed by atoms with E-state index in [1.165, 1.54) is 24.1 Å². The first-order valence-corrected chi connectivity index (χ1v) is 27.5. The Labute approximate surface area is 450 Å². The number of piperidine rings is 2. The van der Waals surface area contributed by atoms with Gasteiger partial charge in [0.2, 0.25) is 21.8 Å². The molecule has 2 N–H and O–H groups in total. The molecule has 5 amide bonds. The second-order valence-electron chi connectivity index (χ2n) is 18.8. The van der Waals surface area contributed by atoms with E-state index in [-0.39, 0.29) is 66.3 Å². The van der Waals surface area contributed by atoms with Crippen molar-refractivity contribution in [3.63, 3.8) is 0 Å². The molecule has 78 heavy (non-hydrogen) atoms. The number of hydrogen-bond acceptors (Lipinski definition) is 17. The number of likely N-dealkylation sites (tertiary alicyclic amines) is 2. The summed E-state index contributed by atoms with van der Waals surface area (Å²) in [5.41, 5.74) is 1.88. The molecule has 2 aromatic carbocycles. The second-order valence-corrected chi connectivity index (χ2v) is 20.6. The number of nitrogens with zero attached hydrogens (tertiary/aromatic N) is 8. The van der Waals surface area contributed by atoms with Crippen LogP contribution in [0.3, 0.4) is 0 Å². The van der Waals surface area contributed by atoms with Crippen molar-refractivity contribution >= 4 is 67.8 Å². The molecule has 3 aliphatic heterocycles. The Morgan fingerprint density at radius 3 is 2.12 bits per heavy atom. The van der Waals surface area contributed by atoms with Crippen LogP contribution in [0.1, 0.15) is 66.2 Å². The number of carbonyl (C=O) groups excluding carboxylic acids is 5. The third-order valence-electron chi connectivity index (χ3n) is 13.7. The molecule has 0 aliphatic carbocycles. The van der Waals surface area contributed by atoms with Gasteiger partial charge in [-0.15, -0.1) is 0 Å². The fourth-order valence-electron chi connectivity index (χ4n) is 9.57. The molecule has 2 fully saturated rings. The third kappa shape index (κ3) is 13.4. The van der Waals surface area contributed by atoms with Crippen molar-refractivity contribution < 1.29 is 64.9 Å². The van der Waals surface area contributed by atoms with Gasteiger partial charge in [0.05, 0.1) is 106 Å². The molecule has 5 aromatic rings. The summed E-state index contributed by atoms with van der Waals surface area (Å²) in [5.74, 6) is -3.65. The predicted octanol–water partition coefficient (Wildman–Crippen LogP) is 4.67. The van der Waals surface area contributed by atoms with E-state index in [0.717, 1.165) is 21.9 Å². The van der Waals surface area contributed by atoms with Crippen LogP contribution in [0.2, 0.25) is 0 Å². The number of halogens is 2. The van der Waals surface area contributed by atoms with Crippen molar-refractivity contribution in [3.8, 4) is 16.8 Å². The van der Waals surface area contributed by atoms with Gasteiger partial charge in [-0.05, 0) is 62.1 Å². The van der Waals surface area contributed by atoms with E-state index in [1.54, 1.807) is 49.6 Å². The number of rotatable bonds is 28. The number of likely N-dealkylation sites (N-methyl/N-ethyl adjacent to an activating group) is 1. The summed E-state index contributed by atoms with van der Waals surface area (Å²) in [6, 6.07) is 9.47. The smallest absolute Gasteiger partial charge is 0.264 e. The number of pyridine rings is 1. The van der Waals surface area contributed by atoms with Crippen LogP contribution >= 0.6 is 0 Å². The number of benzene rings is 2. The highest BCUT2D eigenvalue weighted by atomic mass is 32.2. The zero-order valence-electron chi connectivity index (χ0n) is 43.8. The second kappa shape index (κ2) is 26.5. The molecule has 3 aromatic heterocycles. The van der Waals surface area contributed by atoms with E-state index in [1.807, 2.05) is 16.8 Å². The summed E-state index contributed by atoms with van der Waals surface area (Å²) in [4.78, 5) is 83.3. The highest BCUT2D eigenvalue weighted by Gasteiger charge is 2.47. The average Bonchev–Trinajstić information content (AvgIpc) is 3.99. The van der Waals surface area contributed by atoms with Gasteiger partial charge in [0.15, 0.2) is 5.82 Å². The number of aromatic nitrogens is 4. The highest BCUT2D eigenvalue weighted by Crippen LogP contribution is 2.37. The average molecular weight is 1100 g/mol. The van der Waals surface area contributed by atoms with Crippen LogP contribution in [0.15, 0.2) is 67.4 Å². The van der Waals surface area contributed by atoms with E-state index in [4.69, 9.17) is 28.7 Å². The number of fused-ring (bicyclic) bond motifs is 2. The summed E-state index contributed by atoms with van der Waals surface area (Å²) in [6.07, 6.45) is 8.12. The first-order chi connectivity index (χ1) is 37.7. The molecule has 1 atom stereocenters. The van der Waals surface area contributed by atoms with Gasteiger partial charge >= 0.3 is 0 Å². The Balaban J connectivity index is 0.674.